The number of aromatic hydroxyl groups is 1. The molecule has 3 rings (SSSR count). The number of phenols is 1. The highest BCUT2D eigenvalue weighted by molar-refractivity contribution is 7.77. The standard InChI is InChI=1S/C22H28F3N5O4S/c1-14-7-10-30(11-8-14)20-16(3-5-19(29-20)22(23,24)25)13-26-21(32)28-17-4-2-15(18(31)12-17)6-9-27-35(33)34/h2-5,12,14,27,31H,6-11,13H2,1H3,(H,33,34)(H2,26,28,32)/p-1. The SMILES string of the molecule is CC1CCN(c2nc(C(F)(F)F)ccc2CNC(=O)Nc2ccc(CCNS(=O)[O-])c(O)c2)CC1. The summed E-state index contributed by atoms with van der Waals surface area (Å²) < 4.78 is 62.9. The second-order valence-corrected chi connectivity index (χ2v) is 9.13. The lowest BCUT2D eigenvalue weighted by Crippen LogP contribution is -2.35. The van der Waals surface area contributed by atoms with E-state index in [1.54, 1.807) is 12.1 Å². The third-order valence-corrected chi connectivity index (χ3v) is 6.17. The van der Waals surface area contributed by atoms with E-state index in [1.807, 2.05) is 4.90 Å². The maximum atomic E-state index is 13.2. The van der Waals surface area contributed by atoms with Crippen LogP contribution in [-0.4, -0.2) is 44.5 Å². The predicted octanol–water partition coefficient (Wildman–Crippen LogP) is 3.29. The molecule has 1 aromatic heterocycles. The number of halogens is 3. The maximum Gasteiger partial charge on any atom is 0.433 e. The fourth-order valence-electron chi connectivity index (χ4n) is 3.74. The summed E-state index contributed by atoms with van der Waals surface area (Å²) in [6.07, 6.45) is -2.63. The molecule has 0 saturated carbocycles. The van der Waals surface area contributed by atoms with Crippen LogP contribution in [0.5, 0.6) is 5.75 Å². The number of nitrogens with one attached hydrogen (secondary N) is 3. The number of carbonyl (C=O) groups is 1. The van der Waals surface area contributed by atoms with Gasteiger partial charge >= 0.3 is 12.2 Å². The van der Waals surface area contributed by atoms with Crippen molar-refractivity contribution in [3.05, 3.63) is 47.2 Å². The number of hydrogen-bond acceptors (Lipinski definition) is 6. The van der Waals surface area contributed by atoms with E-state index in [-0.39, 0.29) is 31.1 Å². The minimum atomic E-state index is -4.57. The van der Waals surface area contributed by atoms with E-state index in [9.17, 15) is 31.8 Å². The summed E-state index contributed by atoms with van der Waals surface area (Å²) in [4.78, 5) is 18.1. The molecule has 1 aliphatic rings. The van der Waals surface area contributed by atoms with Crippen LogP contribution in [0.25, 0.3) is 0 Å². The van der Waals surface area contributed by atoms with Crippen LogP contribution in [-0.2, 0) is 30.4 Å². The van der Waals surface area contributed by atoms with Gasteiger partial charge in [0.25, 0.3) is 0 Å². The average Bonchev–Trinajstić information content (AvgIpc) is 2.79. The minimum absolute atomic E-state index is 0.0412. The van der Waals surface area contributed by atoms with E-state index in [1.165, 1.54) is 12.1 Å². The Hall–Kier alpha value is -2.90. The van der Waals surface area contributed by atoms with Gasteiger partial charge in [0.15, 0.2) is 0 Å². The molecule has 192 valence electrons. The van der Waals surface area contributed by atoms with Crippen LogP contribution in [0.3, 0.4) is 0 Å². The predicted molar refractivity (Wildman–Crippen MR) is 124 cm³/mol. The van der Waals surface area contributed by atoms with Gasteiger partial charge in [0.05, 0.1) is 0 Å². The monoisotopic (exact) mass is 514 g/mol. The number of benzene rings is 1. The second-order valence-electron chi connectivity index (χ2n) is 8.38. The number of pyridine rings is 1. The number of carbonyl (C=O) groups excluding carboxylic acids is 1. The van der Waals surface area contributed by atoms with Crippen molar-refractivity contribution in [2.45, 2.75) is 38.9 Å². The van der Waals surface area contributed by atoms with E-state index in [0.717, 1.165) is 18.9 Å². The highest BCUT2D eigenvalue weighted by Crippen LogP contribution is 2.32. The third kappa shape index (κ3) is 7.80. The van der Waals surface area contributed by atoms with Crippen molar-refractivity contribution in [1.29, 1.82) is 0 Å². The largest absolute Gasteiger partial charge is 0.760 e. The van der Waals surface area contributed by atoms with Crippen molar-refractivity contribution in [2.24, 2.45) is 5.92 Å². The van der Waals surface area contributed by atoms with Crippen LogP contribution in [0.4, 0.5) is 29.5 Å². The molecule has 1 unspecified atom stereocenters. The number of piperidine rings is 1. The second kappa shape index (κ2) is 11.7. The Bertz CT molecular complexity index is 1060. The first kappa shape index (κ1) is 26.7. The molecule has 1 atom stereocenters. The van der Waals surface area contributed by atoms with Crippen LogP contribution in [0.15, 0.2) is 30.3 Å². The molecule has 2 heterocycles. The molecule has 0 aliphatic carbocycles. The highest BCUT2D eigenvalue weighted by atomic mass is 32.2. The summed E-state index contributed by atoms with van der Waals surface area (Å²) in [5.74, 6) is 0.579. The van der Waals surface area contributed by atoms with Crippen molar-refractivity contribution < 1.29 is 31.8 Å². The van der Waals surface area contributed by atoms with E-state index in [2.05, 4.69) is 27.3 Å². The minimum Gasteiger partial charge on any atom is -0.760 e. The lowest BCUT2D eigenvalue weighted by molar-refractivity contribution is -0.141. The summed E-state index contributed by atoms with van der Waals surface area (Å²) in [7, 11) is 0. The van der Waals surface area contributed by atoms with E-state index in [4.69, 9.17) is 0 Å². The summed E-state index contributed by atoms with van der Waals surface area (Å²) in [6.45, 7) is 3.33. The van der Waals surface area contributed by atoms with Gasteiger partial charge in [0, 0.05) is 54.8 Å². The number of hydrogen-bond donors (Lipinski definition) is 4. The Morgan fingerprint density at radius 1 is 1.23 bits per heavy atom. The molecule has 0 bridgehead atoms. The molecule has 35 heavy (non-hydrogen) atoms. The molecule has 13 heteroatoms. The zero-order chi connectivity index (χ0) is 25.6. The molecule has 9 nitrogen and oxygen atoms in total. The molecule has 0 spiro atoms. The Morgan fingerprint density at radius 2 is 1.91 bits per heavy atom. The fraction of sp³-hybridized carbons (Fsp3) is 0.455. The molecular formula is C22H27F3N5O4S-. The molecule has 2 amide bonds. The van der Waals surface area contributed by atoms with Gasteiger partial charge in [0.1, 0.15) is 17.3 Å². The van der Waals surface area contributed by atoms with Gasteiger partial charge in [0.2, 0.25) is 0 Å². The van der Waals surface area contributed by atoms with Gasteiger partial charge in [-0.2, -0.15) is 13.2 Å². The first-order valence-electron chi connectivity index (χ1n) is 11.0. The Labute approximate surface area is 203 Å². The number of amides is 2. The number of phenolic OH excluding ortho intramolecular Hbond substituents is 1. The van der Waals surface area contributed by atoms with Crippen LogP contribution < -0.4 is 20.3 Å². The molecule has 1 fully saturated rings. The van der Waals surface area contributed by atoms with Gasteiger partial charge in [-0.3, -0.25) is 4.21 Å². The zero-order valence-electron chi connectivity index (χ0n) is 19.0. The van der Waals surface area contributed by atoms with Gasteiger partial charge in [-0.05, 0) is 42.9 Å². The molecular weight excluding hydrogens is 487 g/mol. The Kier molecular flexibility index (Phi) is 8.92. The quantitative estimate of drug-likeness (QED) is 0.400. The van der Waals surface area contributed by atoms with E-state index in [0.29, 0.717) is 35.8 Å². The van der Waals surface area contributed by atoms with Gasteiger partial charge < -0.3 is 25.2 Å². The summed E-state index contributed by atoms with van der Waals surface area (Å²) in [5.41, 5.74) is 0.265. The number of aromatic nitrogens is 1. The fourth-order valence-corrected chi connectivity index (χ4v) is 4.01. The maximum absolute atomic E-state index is 13.2. The number of urea groups is 1. The summed E-state index contributed by atoms with van der Waals surface area (Å²) >= 11 is -2.40. The van der Waals surface area contributed by atoms with Crippen LogP contribution in [0.1, 0.15) is 36.6 Å². The molecule has 0 radical (unpaired) electrons. The molecule has 1 saturated heterocycles. The van der Waals surface area contributed by atoms with Crippen molar-refractivity contribution in [2.75, 3.05) is 29.9 Å². The molecule has 4 N–H and O–H groups in total. The molecule has 1 aromatic carbocycles. The number of nitrogens with zero attached hydrogens (tertiary/aromatic N) is 2. The van der Waals surface area contributed by atoms with Crippen LogP contribution in [0, 0.1) is 5.92 Å². The Morgan fingerprint density at radius 3 is 2.54 bits per heavy atom. The smallest absolute Gasteiger partial charge is 0.433 e. The average molecular weight is 515 g/mol. The number of anilines is 2. The first-order chi connectivity index (χ1) is 16.5. The van der Waals surface area contributed by atoms with Crippen LogP contribution >= 0.6 is 0 Å². The van der Waals surface area contributed by atoms with Gasteiger partial charge in [-0.15, -0.1) is 0 Å². The van der Waals surface area contributed by atoms with Gasteiger partial charge in [-0.25, -0.2) is 14.5 Å². The molecule has 2 aromatic rings. The van der Waals surface area contributed by atoms with E-state index < -0.39 is 29.2 Å². The van der Waals surface area contributed by atoms with E-state index >= 15 is 0 Å². The Balaban J connectivity index is 1.64. The highest BCUT2D eigenvalue weighted by Gasteiger charge is 2.34. The first-order valence-corrected chi connectivity index (χ1v) is 12.1. The topological polar surface area (TPSA) is 130 Å². The van der Waals surface area contributed by atoms with Crippen molar-refractivity contribution >= 4 is 28.8 Å². The zero-order valence-corrected chi connectivity index (χ0v) is 19.8. The normalized spacial score (nSPS) is 15.6. The lowest BCUT2D eigenvalue weighted by atomic mass is 9.99. The van der Waals surface area contributed by atoms with Crippen molar-refractivity contribution in [3.63, 3.8) is 0 Å². The van der Waals surface area contributed by atoms with Gasteiger partial charge in [-0.1, -0.05) is 19.1 Å². The van der Waals surface area contributed by atoms with Crippen molar-refractivity contribution in [3.8, 4) is 5.75 Å². The van der Waals surface area contributed by atoms with Crippen molar-refractivity contribution in [1.82, 2.24) is 15.0 Å². The third-order valence-electron chi connectivity index (χ3n) is 5.73. The van der Waals surface area contributed by atoms with Crippen LogP contribution in [0.2, 0.25) is 0 Å². The number of rotatable bonds is 8. The molecule has 1 aliphatic heterocycles. The number of alkyl halides is 3. The summed E-state index contributed by atoms with van der Waals surface area (Å²) in [5, 5.41) is 15.3. The lowest BCUT2D eigenvalue weighted by Gasteiger charge is -2.33. The summed E-state index contributed by atoms with van der Waals surface area (Å²) in [6, 6.07) is 6.03.